The maximum Gasteiger partial charge on any atom is 0.339 e. The van der Waals surface area contributed by atoms with Gasteiger partial charge in [-0.3, -0.25) is 0 Å². The fraction of sp³-hybridized carbons (Fsp3) is 0.333. The average Bonchev–Trinajstić information content (AvgIpc) is 2.28. The second-order valence-corrected chi connectivity index (χ2v) is 4.09. The van der Waals surface area contributed by atoms with Crippen LogP contribution in [-0.2, 0) is 16.0 Å². The summed E-state index contributed by atoms with van der Waals surface area (Å²) in [5.74, 6) is -0.345. The molecule has 1 aromatic carbocycles. The van der Waals surface area contributed by atoms with Crippen molar-refractivity contribution < 1.29 is 14.3 Å². The van der Waals surface area contributed by atoms with E-state index in [1.807, 2.05) is 6.07 Å². The Bertz CT molecular complexity index is 388. The molecule has 0 saturated heterocycles. The number of rotatable bonds is 5. The summed E-state index contributed by atoms with van der Waals surface area (Å²) in [6.45, 7) is 2.12. The standard InChI is InChI=1S/C12H13BrO3/c1-2-16-12(15)10-8-9(4-3-7-14)5-6-11(10)13/h5-8H,2-4H2,1H3. The number of carbonyl (C=O) groups is 2. The molecule has 1 aromatic rings. The summed E-state index contributed by atoms with van der Waals surface area (Å²) in [6, 6.07) is 5.44. The summed E-state index contributed by atoms with van der Waals surface area (Å²) in [5.41, 5.74) is 1.46. The molecule has 4 heteroatoms. The molecule has 0 aliphatic rings. The molecule has 0 atom stereocenters. The molecule has 0 amide bonds. The van der Waals surface area contributed by atoms with Crippen LogP contribution in [0.25, 0.3) is 0 Å². The predicted molar refractivity (Wildman–Crippen MR) is 64.5 cm³/mol. The maximum atomic E-state index is 11.6. The van der Waals surface area contributed by atoms with Crippen LogP contribution in [0.15, 0.2) is 22.7 Å². The molecule has 0 heterocycles. The minimum absolute atomic E-state index is 0.345. The molecule has 1 rings (SSSR count). The largest absolute Gasteiger partial charge is 0.462 e. The van der Waals surface area contributed by atoms with E-state index in [1.54, 1.807) is 19.1 Å². The Morgan fingerprint density at radius 3 is 2.88 bits per heavy atom. The Balaban J connectivity index is 2.89. The Hall–Kier alpha value is -1.16. The number of halogens is 1. The lowest BCUT2D eigenvalue weighted by molar-refractivity contribution is -0.107. The molecule has 0 bridgehead atoms. The first-order chi connectivity index (χ1) is 7.69. The molecule has 0 aliphatic heterocycles. The number of aryl methyl sites for hydroxylation is 1. The van der Waals surface area contributed by atoms with Crippen LogP contribution in [0, 0.1) is 0 Å². The fourth-order valence-electron chi connectivity index (χ4n) is 1.32. The van der Waals surface area contributed by atoms with Crippen molar-refractivity contribution in [1.82, 2.24) is 0 Å². The smallest absolute Gasteiger partial charge is 0.339 e. The van der Waals surface area contributed by atoms with Crippen molar-refractivity contribution in [2.45, 2.75) is 19.8 Å². The van der Waals surface area contributed by atoms with Crippen LogP contribution >= 0.6 is 15.9 Å². The van der Waals surface area contributed by atoms with Gasteiger partial charge in [0, 0.05) is 10.9 Å². The highest BCUT2D eigenvalue weighted by Crippen LogP contribution is 2.20. The van der Waals surface area contributed by atoms with Gasteiger partial charge in [-0.05, 0) is 47.0 Å². The van der Waals surface area contributed by atoms with E-state index in [4.69, 9.17) is 4.74 Å². The zero-order valence-electron chi connectivity index (χ0n) is 9.03. The molecule has 16 heavy (non-hydrogen) atoms. The van der Waals surface area contributed by atoms with E-state index in [9.17, 15) is 9.59 Å². The summed E-state index contributed by atoms with van der Waals surface area (Å²) in [7, 11) is 0. The van der Waals surface area contributed by atoms with Gasteiger partial charge in [-0.15, -0.1) is 0 Å². The van der Waals surface area contributed by atoms with E-state index in [2.05, 4.69) is 15.9 Å². The Kier molecular flexibility index (Phi) is 5.19. The number of carbonyl (C=O) groups excluding carboxylic acids is 2. The van der Waals surface area contributed by atoms with E-state index in [-0.39, 0.29) is 5.97 Å². The van der Waals surface area contributed by atoms with Gasteiger partial charge in [-0.2, -0.15) is 0 Å². The van der Waals surface area contributed by atoms with Crippen molar-refractivity contribution in [3.63, 3.8) is 0 Å². The number of esters is 1. The van der Waals surface area contributed by atoms with Gasteiger partial charge in [-0.25, -0.2) is 4.79 Å². The van der Waals surface area contributed by atoms with Crippen molar-refractivity contribution in [2.24, 2.45) is 0 Å². The molecular formula is C12H13BrO3. The van der Waals surface area contributed by atoms with Crippen molar-refractivity contribution in [3.8, 4) is 0 Å². The highest BCUT2D eigenvalue weighted by Gasteiger charge is 2.11. The first kappa shape index (κ1) is 12.9. The van der Waals surface area contributed by atoms with Gasteiger partial charge in [-0.1, -0.05) is 6.07 Å². The number of hydrogen-bond donors (Lipinski definition) is 0. The van der Waals surface area contributed by atoms with Gasteiger partial charge in [0.1, 0.15) is 6.29 Å². The minimum atomic E-state index is -0.345. The Morgan fingerprint density at radius 1 is 1.50 bits per heavy atom. The molecule has 0 fully saturated rings. The normalized spacial score (nSPS) is 9.88. The lowest BCUT2D eigenvalue weighted by Crippen LogP contribution is -2.06. The molecule has 0 aromatic heterocycles. The second kappa shape index (κ2) is 6.43. The molecule has 86 valence electrons. The molecular weight excluding hydrogens is 272 g/mol. The van der Waals surface area contributed by atoms with Crippen molar-refractivity contribution in [1.29, 1.82) is 0 Å². The Morgan fingerprint density at radius 2 is 2.25 bits per heavy atom. The molecule has 0 radical (unpaired) electrons. The van der Waals surface area contributed by atoms with E-state index >= 15 is 0 Å². The quantitative estimate of drug-likeness (QED) is 0.617. The predicted octanol–water partition coefficient (Wildman–Crippen LogP) is 2.76. The van der Waals surface area contributed by atoms with E-state index in [1.165, 1.54) is 0 Å². The average molecular weight is 285 g/mol. The summed E-state index contributed by atoms with van der Waals surface area (Å²) < 4.78 is 5.64. The van der Waals surface area contributed by atoms with Crippen LogP contribution in [0.4, 0.5) is 0 Å². The highest BCUT2D eigenvalue weighted by molar-refractivity contribution is 9.10. The number of ether oxygens (including phenoxy) is 1. The molecule has 0 unspecified atom stereocenters. The molecule has 0 spiro atoms. The third-order valence-corrected chi connectivity index (χ3v) is 2.77. The lowest BCUT2D eigenvalue weighted by atomic mass is 10.1. The fourth-order valence-corrected chi connectivity index (χ4v) is 1.73. The third kappa shape index (κ3) is 3.45. The zero-order chi connectivity index (χ0) is 12.0. The number of hydrogen-bond acceptors (Lipinski definition) is 3. The zero-order valence-corrected chi connectivity index (χ0v) is 10.6. The first-order valence-electron chi connectivity index (χ1n) is 5.08. The van der Waals surface area contributed by atoms with E-state index < -0.39 is 0 Å². The molecule has 0 N–H and O–H groups in total. The van der Waals surface area contributed by atoms with Crippen LogP contribution in [0.3, 0.4) is 0 Å². The van der Waals surface area contributed by atoms with Gasteiger partial charge in [0.15, 0.2) is 0 Å². The second-order valence-electron chi connectivity index (χ2n) is 3.24. The van der Waals surface area contributed by atoms with Crippen LogP contribution in [0.2, 0.25) is 0 Å². The monoisotopic (exact) mass is 284 g/mol. The summed E-state index contributed by atoms with van der Waals surface area (Å²) >= 11 is 3.30. The summed E-state index contributed by atoms with van der Waals surface area (Å²) in [6.07, 6.45) is 1.97. The minimum Gasteiger partial charge on any atom is -0.462 e. The SMILES string of the molecule is CCOC(=O)c1cc(CCC=O)ccc1Br. The van der Waals surface area contributed by atoms with Crippen LogP contribution in [0.5, 0.6) is 0 Å². The van der Waals surface area contributed by atoms with Gasteiger partial charge in [0.05, 0.1) is 12.2 Å². The van der Waals surface area contributed by atoms with Gasteiger partial charge in [0.25, 0.3) is 0 Å². The summed E-state index contributed by atoms with van der Waals surface area (Å²) in [5, 5.41) is 0. The first-order valence-corrected chi connectivity index (χ1v) is 5.87. The van der Waals surface area contributed by atoms with Gasteiger partial charge in [0.2, 0.25) is 0 Å². The summed E-state index contributed by atoms with van der Waals surface area (Å²) in [4.78, 5) is 21.8. The van der Waals surface area contributed by atoms with Crippen LogP contribution < -0.4 is 0 Å². The van der Waals surface area contributed by atoms with Crippen molar-refractivity contribution >= 4 is 28.2 Å². The van der Waals surface area contributed by atoms with Gasteiger partial charge >= 0.3 is 5.97 Å². The maximum absolute atomic E-state index is 11.6. The molecule has 3 nitrogen and oxygen atoms in total. The van der Waals surface area contributed by atoms with E-state index in [0.29, 0.717) is 29.5 Å². The topological polar surface area (TPSA) is 43.4 Å². The molecule has 0 aliphatic carbocycles. The highest BCUT2D eigenvalue weighted by atomic mass is 79.9. The lowest BCUT2D eigenvalue weighted by Gasteiger charge is -2.06. The molecule has 0 saturated carbocycles. The number of aldehydes is 1. The third-order valence-electron chi connectivity index (χ3n) is 2.08. The number of benzene rings is 1. The van der Waals surface area contributed by atoms with Gasteiger partial charge < -0.3 is 9.53 Å². The van der Waals surface area contributed by atoms with Crippen molar-refractivity contribution in [3.05, 3.63) is 33.8 Å². The Labute approximate surface area is 103 Å². The van der Waals surface area contributed by atoms with E-state index in [0.717, 1.165) is 11.8 Å². The van der Waals surface area contributed by atoms with Crippen molar-refractivity contribution in [2.75, 3.05) is 6.61 Å². The van der Waals surface area contributed by atoms with Crippen LogP contribution in [-0.4, -0.2) is 18.9 Å². The van der Waals surface area contributed by atoms with Crippen LogP contribution in [0.1, 0.15) is 29.3 Å².